The summed E-state index contributed by atoms with van der Waals surface area (Å²) in [7, 11) is 0. The molecule has 3 aromatic rings. The molecule has 0 unspecified atom stereocenters. The lowest BCUT2D eigenvalue weighted by atomic mass is 9.98. The predicted molar refractivity (Wildman–Crippen MR) is 131 cm³/mol. The first-order chi connectivity index (χ1) is 16.7. The standard InChI is InChI=1S/C29H32FNO3/c1-2-3-4-5-16-32-26-19-33-29(34-20-26)25-14-15-27-24(17-25)13-12-23(28(27)30)11-10-21-6-8-22(18-31)9-7-21/h6-9,12-15,17,26,29H,2-5,10-11,16,19-20H2,1H3. The maximum absolute atomic E-state index is 15.2. The molecular weight excluding hydrogens is 429 g/mol. The molecule has 0 radical (unpaired) electrons. The second-order valence-corrected chi connectivity index (χ2v) is 8.88. The minimum absolute atomic E-state index is 0.0329. The van der Waals surface area contributed by atoms with E-state index in [1.54, 1.807) is 12.1 Å². The summed E-state index contributed by atoms with van der Waals surface area (Å²) in [5.74, 6) is -0.181. The van der Waals surface area contributed by atoms with Gasteiger partial charge in [0.15, 0.2) is 6.29 Å². The van der Waals surface area contributed by atoms with Gasteiger partial charge in [0.1, 0.15) is 11.9 Å². The maximum atomic E-state index is 15.2. The molecule has 1 saturated heterocycles. The molecule has 0 saturated carbocycles. The van der Waals surface area contributed by atoms with Crippen molar-refractivity contribution in [3.63, 3.8) is 0 Å². The van der Waals surface area contributed by atoms with Crippen LogP contribution >= 0.6 is 0 Å². The quantitative estimate of drug-likeness (QED) is 0.317. The normalized spacial score (nSPS) is 18.1. The minimum Gasteiger partial charge on any atom is -0.373 e. The molecule has 34 heavy (non-hydrogen) atoms. The number of ether oxygens (including phenoxy) is 3. The molecule has 178 valence electrons. The first-order valence-electron chi connectivity index (χ1n) is 12.2. The summed E-state index contributed by atoms with van der Waals surface area (Å²) < 4.78 is 32.9. The zero-order valence-electron chi connectivity index (χ0n) is 19.8. The molecule has 1 fully saturated rings. The number of benzene rings is 3. The number of nitriles is 1. The Kier molecular flexibility index (Phi) is 8.65. The number of fused-ring (bicyclic) bond motifs is 1. The molecule has 5 heteroatoms. The molecule has 4 rings (SSSR count). The molecule has 0 atom stereocenters. The monoisotopic (exact) mass is 461 g/mol. The zero-order chi connectivity index (χ0) is 23.8. The van der Waals surface area contributed by atoms with Gasteiger partial charge in [0.25, 0.3) is 0 Å². The average Bonchev–Trinajstić information content (AvgIpc) is 2.89. The van der Waals surface area contributed by atoms with Gasteiger partial charge < -0.3 is 14.2 Å². The molecule has 3 aromatic carbocycles. The third-order valence-electron chi connectivity index (χ3n) is 6.31. The molecule has 0 N–H and O–H groups in total. The SMILES string of the molecule is CCCCCCOC1COC(c2ccc3c(F)c(CCc4ccc(C#N)cc4)ccc3c2)OC1. The van der Waals surface area contributed by atoms with E-state index in [4.69, 9.17) is 19.5 Å². The van der Waals surface area contributed by atoms with Gasteiger partial charge in [0.2, 0.25) is 0 Å². The third kappa shape index (κ3) is 6.21. The highest BCUT2D eigenvalue weighted by molar-refractivity contribution is 5.84. The molecule has 4 nitrogen and oxygen atoms in total. The van der Waals surface area contributed by atoms with Crippen molar-refractivity contribution < 1.29 is 18.6 Å². The fourth-order valence-corrected chi connectivity index (χ4v) is 4.27. The van der Waals surface area contributed by atoms with Gasteiger partial charge in [0.05, 0.1) is 24.8 Å². The van der Waals surface area contributed by atoms with E-state index in [2.05, 4.69) is 13.0 Å². The van der Waals surface area contributed by atoms with E-state index in [0.717, 1.165) is 36.0 Å². The van der Waals surface area contributed by atoms with Crippen LogP contribution in [0, 0.1) is 17.1 Å². The van der Waals surface area contributed by atoms with Crippen molar-refractivity contribution in [2.24, 2.45) is 0 Å². The molecule has 1 aliphatic rings. The molecule has 0 amide bonds. The van der Waals surface area contributed by atoms with E-state index < -0.39 is 6.29 Å². The number of aryl methyl sites for hydroxylation is 2. The van der Waals surface area contributed by atoms with Gasteiger partial charge in [-0.05, 0) is 54.0 Å². The summed E-state index contributed by atoms with van der Waals surface area (Å²) >= 11 is 0. The Bertz CT molecular complexity index is 1110. The summed E-state index contributed by atoms with van der Waals surface area (Å²) in [6.07, 6.45) is 5.55. The van der Waals surface area contributed by atoms with Gasteiger partial charge in [-0.25, -0.2) is 4.39 Å². The van der Waals surface area contributed by atoms with Gasteiger partial charge in [0, 0.05) is 17.6 Å². The van der Waals surface area contributed by atoms with Crippen LogP contribution in [-0.4, -0.2) is 25.9 Å². The minimum atomic E-state index is -0.455. The lowest BCUT2D eigenvalue weighted by molar-refractivity contribution is -0.230. The van der Waals surface area contributed by atoms with Crippen molar-refractivity contribution in [2.45, 2.75) is 57.8 Å². The Morgan fingerprint density at radius 3 is 2.50 bits per heavy atom. The predicted octanol–water partition coefficient (Wildman–Crippen LogP) is 6.65. The van der Waals surface area contributed by atoms with Crippen LogP contribution in [0.25, 0.3) is 10.8 Å². The highest BCUT2D eigenvalue weighted by Gasteiger charge is 2.24. The topological polar surface area (TPSA) is 51.5 Å². The van der Waals surface area contributed by atoms with Crippen LogP contribution in [0.4, 0.5) is 4.39 Å². The molecule has 0 aromatic heterocycles. The van der Waals surface area contributed by atoms with E-state index >= 15 is 4.39 Å². The second kappa shape index (κ2) is 12.1. The van der Waals surface area contributed by atoms with Crippen molar-refractivity contribution in [3.8, 4) is 6.07 Å². The number of nitrogens with zero attached hydrogens (tertiary/aromatic N) is 1. The average molecular weight is 462 g/mol. The Balaban J connectivity index is 1.34. The number of hydrogen-bond acceptors (Lipinski definition) is 4. The first-order valence-corrected chi connectivity index (χ1v) is 12.2. The Morgan fingerprint density at radius 1 is 0.971 bits per heavy atom. The number of unbranched alkanes of at least 4 members (excludes halogenated alkanes) is 3. The van der Waals surface area contributed by atoms with Crippen molar-refractivity contribution in [2.75, 3.05) is 19.8 Å². The van der Waals surface area contributed by atoms with Gasteiger partial charge in [-0.1, -0.05) is 62.6 Å². The zero-order valence-corrected chi connectivity index (χ0v) is 19.8. The van der Waals surface area contributed by atoms with Crippen LogP contribution in [0.1, 0.15) is 61.2 Å². The van der Waals surface area contributed by atoms with E-state index in [9.17, 15) is 0 Å². The highest BCUT2D eigenvalue weighted by Crippen LogP contribution is 2.29. The lowest BCUT2D eigenvalue weighted by Gasteiger charge is -2.29. The third-order valence-corrected chi connectivity index (χ3v) is 6.31. The second-order valence-electron chi connectivity index (χ2n) is 8.88. The number of hydrogen-bond donors (Lipinski definition) is 0. The van der Waals surface area contributed by atoms with E-state index in [1.807, 2.05) is 42.5 Å². The van der Waals surface area contributed by atoms with Crippen LogP contribution in [-0.2, 0) is 27.1 Å². The van der Waals surface area contributed by atoms with Crippen molar-refractivity contribution in [1.29, 1.82) is 5.26 Å². The molecule has 0 spiro atoms. The van der Waals surface area contributed by atoms with Gasteiger partial charge in [-0.3, -0.25) is 0 Å². The summed E-state index contributed by atoms with van der Waals surface area (Å²) in [6.45, 7) is 3.94. The van der Waals surface area contributed by atoms with Crippen molar-refractivity contribution in [1.82, 2.24) is 0 Å². The molecule has 0 bridgehead atoms. The first kappa shape index (κ1) is 24.3. The summed E-state index contributed by atoms with van der Waals surface area (Å²) in [5, 5.41) is 10.4. The van der Waals surface area contributed by atoms with Gasteiger partial charge in [-0.2, -0.15) is 5.26 Å². The lowest BCUT2D eigenvalue weighted by Crippen LogP contribution is -2.33. The van der Waals surface area contributed by atoms with Crippen LogP contribution in [0.15, 0.2) is 54.6 Å². The van der Waals surface area contributed by atoms with Crippen molar-refractivity contribution >= 4 is 10.8 Å². The van der Waals surface area contributed by atoms with Crippen LogP contribution in [0.3, 0.4) is 0 Å². The van der Waals surface area contributed by atoms with Gasteiger partial charge >= 0.3 is 0 Å². The summed E-state index contributed by atoms with van der Waals surface area (Å²) in [6, 6.07) is 19.0. The van der Waals surface area contributed by atoms with E-state index in [0.29, 0.717) is 36.1 Å². The number of rotatable bonds is 10. The van der Waals surface area contributed by atoms with E-state index in [-0.39, 0.29) is 11.9 Å². The Hall–Kier alpha value is -2.78. The Labute approximate surface area is 201 Å². The highest BCUT2D eigenvalue weighted by atomic mass is 19.1. The Morgan fingerprint density at radius 2 is 1.76 bits per heavy atom. The number of halogens is 1. The van der Waals surface area contributed by atoms with Crippen molar-refractivity contribution in [3.05, 3.63) is 82.7 Å². The van der Waals surface area contributed by atoms with Crippen LogP contribution in [0.2, 0.25) is 0 Å². The smallest absolute Gasteiger partial charge is 0.184 e. The molecule has 1 aliphatic heterocycles. The van der Waals surface area contributed by atoms with Crippen LogP contribution < -0.4 is 0 Å². The summed E-state index contributed by atoms with van der Waals surface area (Å²) in [4.78, 5) is 0. The van der Waals surface area contributed by atoms with Crippen LogP contribution in [0.5, 0.6) is 0 Å². The fraction of sp³-hybridized carbons (Fsp3) is 0.414. The maximum Gasteiger partial charge on any atom is 0.184 e. The van der Waals surface area contributed by atoms with E-state index in [1.165, 1.54) is 19.3 Å². The largest absolute Gasteiger partial charge is 0.373 e. The molecule has 1 heterocycles. The molecule has 0 aliphatic carbocycles. The fourth-order valence-electron chi connectivity index (χ4n) is 4.27. The van der Waals surface area contributed by atoms with Gasteiger partial charge in [-0.15, -0.1) is 0 Å². The summed E-state index contributed by atoms with van der Waals surface area (Å²) in [5.41, 5.74) is 3.30. The molecular formula is C29H32FNO3.